The van der Waals surface area contributed by atoms with E-state index in [1.54, 1.807) is 0 Å². The van der Waals surface area contributed by atoms with Gasteiger partial charge in [-0.15, -0.1) is 0 Å². The van der Waals surface area contributed by atoms with Gasteiger partial charge in [0.25, 0.3) is 0 Å². The standard InChI is InChI=1S/3BO2.Re/c3*2-1-3;/q3*-1;+3. The zero-order valence-corrected chi connectivity index (χ0v) is 7.28. The molecule has 0 unspecified atom stereocenters. The van der Waals surface area contributed by atoms with Crippen molar-refractivity contribution in [3.05, 3.63) is 0 Å². The van der Waals surface area contributed by atoms with E-state index in [4.69, 9.17) is 29.2 Å². The Morgan fingerprint density at radius 2 is 0.700 bits per heavy atom. The minimum Gasteiger partial charge on any atom is 3.00 e. The van der Waals surface area contributed by atoms with Crippen molar-refractivity contribution in [3.8, 4) is 0 Å². The molecule has 0 N–H and O–H groups in total. The summed E-state index contributed by atoms with van der Waals surface area (Å²) in [6.07, 6.45) is 0. The molecule has 0 aliphatic carbocycles. The van der Waals surface area contributed by atoms with Crippen molar-refractivity contribution in [2.75, 3.05) is 0 Å². The van der Waals surface area contributed by atoms with E-state index in [0.29, 0.717) is 0 Å². The summed E-state index contributed by atoms with van der Waals surface area (Å²) in [5.74, 6) is 0. The largest absolute Gasteiger partial charge is 3.00 e. The fourth-order valence-corrected chi connectivity index (χ4v) is 0. The van der Waals surface area contributed by atoms with Crippen molar-refractivity contribution in [1.29, 1.82) is 0 Å². The Kier molecular flexibility index (Phi) is 163. The van der Waals surface area contributed by atoms with E-state index in [2.05, 4.69) is 0 Å². The van der Waals surface area contributed by atoms with Crippen LogP contribution in [0, 0.1) is 0 Å². The molecule has 0 aliphatic rings. The van der Waals surface area contributed by atoms with Crippen molar-refractivity contribution in [3.63, 3.8) is 0 Å². The smallest absolute Gasteiger partial charge is 3.00 e. The van der Waals surface area contributed by atoms with Gasteiger partial charge in [0.15, 0.2) is 0 Å². The summed E-state index contributed by atoms with van der Waals surface area (Å²) >= 11 is 0. The van der Waals surface area contributed by atoms with Gasteiger partial charge in [0.1, 0.15) is 0 Å². The molecule has 0 rings (SSSR count). The summed E-state index contributed by atoms with van der Waals surface area (Å²) in [5.41, 5.74) is 0. The Balaban J connectivity index is -0.0000000257. The average Bonchev–Trinajstić information content (AvgIpc) is 1.70. The van der Waals surface area contributed by atoms with Gasteiger partial charge in [-0.25, -0.2) is 0 Å². The Labute approximate surface area is 72.1 Å². The van der Waals surface area contributed by atoms with Crippen molar-refractivity contribution in [2.24, 2.45) is 0 Å². The summed E-state index contributed by atoms with van der Waals surface area (Å²) in [7, 11) is -1.50. The molecule has 10 heavy (non-hydrogen) atoms. The maximum atomic E-state index is 8.25. The molecule has 0 saturated heterocycles. The molecule has 0 atom stereocenters. The van der Waals surface area contributed by atoms with Gasteiger partial charge in [0, 0.05) is 0 Å². The summed E-state index contributed by atoms with van der Waals surface area (Å²) in [6, 6.07) is 0. The molecule has 0 bridgehead atoms. The van der Waals surface area contributed by atoms with Gasteiger partial charge >= 0.3 is 71.7 Å². The van der Waals surface area contributed by atoms with E-state index < -0.39 is 22.1 Å². The minimum atomic E-state index is -0.500. The number of rotatable bonds is 0. The third kappa shape index (κ3) is 2890. The first kappa shape index (κ1) is 22.6. The monoisotopic (exact) mass is 316 g/mol. The topological polar surface area (TPSA) is 120 Å². The molecule has 0 aromatic heterocycles. The molecule has 0 aromatic rings. The van der Waals surface area contributed by atoms with Crippen LogP contribution in [0.2, 0.25) is 0 Å². The van der Waals surface area contributed by atoms with Gasteiger partial charge in [-0.2, -0.15) is 0 Å². The van der Waals surface area contributed by atoms with Crippen LogP contribution in [-0.2, 0) is 34.5 Å². The van der Waals surface area contributed by atoms with Crippen molar-refractivity contribution in [1.82, 2.24) is 0 Å². The maximum absolute atomic E-state index is 8.25. The molecule has 0 fully saturated rings. The van der Waals surface area contributed by atoms with Crippen molar-refractivity contribution >= 4 is 22.1 Å². The summed E-state index contributed by atoms with van der Waals surface area (Å²) in [5, 5.41) is 24.8. The maximum Gasteiger partial charge on any atom is 3.00 e. The van der Waals surface area contributed by atoms with Crippen LogP contribution in [0.4, 0.5) is 0 Å². The van der Waals surface area contributed by atoms with Crippen LogP contribution in [0.1, 0.15) is 0 Å². The molecule has 0 amide bonds. The van der Waals surface area contributed by atoms with Crippen LogP contribution in [0.15, 0.2) is 0 Å². The van der Waals surface area contributed by atoms with E-state index >= 15 is 0 Å². The molecule has 0 radical (unpaired) electrons. The second-order valence-electron chi connectivity index (χ2n) is 0.289. The van der Waals surface area contributed by atoms with E-state index in [0.717, 1.165) is 0 Å². The van der Waals surface area contributed by atoms with Crippen LogP contribution in [-0.4, -0.2) is 22.1 Å². The van der Waals surface area contributed by atoms with E-state index in [-0.39, 0.29) is 20.4 Å². The molecule has 0 spiro atoms. The predicted octanol–water partition coefficient (Wildman–Crippen LogP) is -5.07. The molecule has 10 heteroatoms. The molecular formula is B3O6Re. The van der Waals surface area contributed by atoms with Crippen molar-refractivity contribution < 1.29 is 49.6 Å². The van der Waals surface area contributed by atoms with Gasteiger partial charge in [-0.1, -0.05) is 0 Å². The number of hydrogen-bond donors (Lipinski definition) is 0. The van der Waals surface area contributed by atoms with Gasteiger partial charge < -0.3 is 0 Å². The van der Waals surface area contributed by atoms with Crippen LogP contribution in [0.25, 0.3) is 0 Å². The van der Waals surface area contributed by atoms with Crippen LogP contribution in [0.5, 0.6) is 0 Å². The zero-order valence-electron chi connectivity index (χ0n) is 4.56. The second-order valence-corrected chi connectivity index (χ2v) is 0.289. The first-order valence-electron chi connectivity index (χ1n) is 1.41. The minimum absolute atomic E-state index is 0. The second kappa shape index (κ2) is 71.9. The van der Waals surface area contributed by atoms with Crippen LogP contribution in [0.3, 0.4) is 0 Å². The summed E-state index contributed by atoms with van der Waals surface area (Å²) in [6.45, 7) is 0. The SMILES string of the molecule is O=B[O-].O=B[O-].O=B[O-].[Re+3]. The Morgan fingerprint density at radius 1 is 0.700 bits per heavy atom. The van der Waals surface area contributed by atoms with E-state index in [1.807, 2.05) is 0 Å². The van der Waals surface area contributed by atoms with Gasteiger partial charge in [-0.3, -0.25) is 0 Å². The molecule has 0 aromatic carbocycles. The molecule has 6 nitrogen and oxygen atoms in total. The normalized spacial score (nSPS) is 2.40. The Bertz CT molecular complexity index is 49.7. The summed E-state index contributed by atoms with van der Waals surface area (Å²) in [4.78, 5) is 0. The molecule has 0 heterocycles. The summed E-state index contributed by atoms with van der Waals surface area (Å²) < 4.78 is 24.8. The third-order valence-electron chi connectivity index (χ3n) is 0. The molecule has 0 saturated carbocycles. The van der Waals surface area contributed by atoms with E-state index in [9.17, 15) is 0 Å². The Morgan fingerprint density at radius 3 is 0.700 bits per heavy atom. The first-order chi connectivity index (χ1) is 4.24. The molecule has 52 valence electrons. The van der Waals surface area contributed by atoms with Gasteiger partial charge in [-0.05, 0) is 0 Å². The van der Waals surface area contributed by atoms with E-state index in [1.165, 1.54) is 0 Å². The molecule has 0 aliphatic heterocycles. The fraction of sp³-hybridized carbons (Fsp3) is 0. The average molecular weight is 315 g/mol. The Hall–Kier alpha value is -0.343. The van der Waals surface area contributed by atoms with Gasteiger partial charge in [0.05, 0.1) is 0 Å². The third-order valence-corrected chi connectivity index (χ3v) is 0. The van der Waals surface area contributed by atoms with Crippen LogP contribution >= 0.6 is 0 Å². The van der Waals surface area contributed by atoms with Gasteiger partial charge in [0.2, 0.25) is 0 Å². The zero-order chi connectivity index (χ0) is 8.12. The van der Waals surface area contributed by atoms with Crippen LogP contribution < -0.4 is 15.1 Å². The quantitative estimate of drug-likeness (QED) is 0.413. The predicted molar refractivity (Wildman–Crippen MR) is 19.3 cm³/mol. The van der Waals surface area contributed by atoms with Crippen molar-refractivity contribution in [2.45, 2.75) is 0 Å². The fourth-order valence-electron chi connectivity index (χ4n) is 0. The number of hydrogen-bond acceptors (Lipinski definition) is 6. The molecular weight excluding hydrogens is 315 g/mol. The first-order valence-corrected chi connectivity index (χ1v) is 1.41.